The Kier molecular flexibility index (Phi) is 6.40. The van der Waals surface area contributed by atoms with Gasteiger partial charge in [0.1, 0.15) is 5.25 Å². The van der Waals surface area contributed by atoms with Crippen LogP contribution in [0.4, 0.5) is 5.69 Å². The molecule has 3 rings (SSSR count). The number of carbonyl (C=O) groups excluding carboxylic acids is 2. The third-order valence-electron chi connectivity index (χ3n) is 4.02. The molecule has 8 nitrogen and oxygen atoms in total. The van der Waals surface area contributed by atoms with E-state index in [1.807, 2.05) is 30.3 Å². The first-order valence-electron chi connectivity index (χ1n) is 8.71. The summed E-state index contributed by atoms with van der Waals surface area (Å²) in [6.45, 7) is 1.80. The molecular formula is C20H18N4O4S. The number of thioether (sulfide) groups is 1. The molecule has 1 aliphatic heterocycles. The van der Waals surface area contributed by atoms with Crippen LogP contribution < -0.4 is 10.6 Å². The van der Waals surface area contributed by atoms with E-state index in [2.05, 4.69) is 20.8 Å². The van der Waals surface area contributed by atoms with Gasteiger partial charge in [0.15, 0.2) is 5.17 Å². The fraction of sp³-hybridized carbons (Fsp3) is 0.150. The first-order chi connectivity index (χ1) is 13.9. The maximum atomic E-state index is 12.5. The van der Waals surface area contributed by atoms with Gasteiger partial charge in [0.2, 0.25) is 11.8 Å². The van der Waals surface area contributed by atoms with Crippen molar-refractivity contribution in [2.75, 3.05) is 5.32 Å². The minimum Gasteiger partial charge on any atom is -0.478 e. The van der Waals surface area contributed by atoms with Crippen molar-refractivity contribution in [1.29, 1.82) is 0 Å². The molecule has 1 heterocycles. The smallest absolute Gasteiger partial charge is 0.335 e. The number of benzene rings is 2. The molecule has 1 fully saturated rings. The minimum atomic E-state index is -1.09. The summed E-state index contributed by atoms with van der Waals surface area (Å²) in [5, 5.41) is 22.0. The Hall–Kier alpha value is -3.46. The lowest BCUT2D eigenvalue weighted by Gasteiger charge is -2.21. The number of rotatable bonds is 5. The SMILES string of the molecule is C/C(=N\N=C1/NC(=O)CC(C(=O)Nc2cccc(C(=O)O)c2)S1)c1ccccc1. The molecule has 9 heteroatoms. The summed E-state index contributed by atoms with van der Waals surface area (Å²) >= 11 is 1.09. The molecule has 2 aromatic rings. The third-order valence-corrected chi connectivity index (χ3v) is 5.10. The van der Waals surface area contributed by atoms with Crippen LogP contribution in [-0.2, 0) is 9.59 Å². The van der Waals surface area contributed by atoms with Crippen LogP contribution in [0.15, 0.2) is 64.8 Å². The van der Waals surface area contributed by atoms with E-state index < -0.39 is 17.1 Å². The van der Waals surface area contributed by atoms with Crippen molar-refractivity contribution in [3.05, 3.63) is 65.7 Å². The van der Waals surface area contributed by atoms with Crippen molar-refractivity contribution in [3.63, 3.8) is 0 Å². The fourth-order valence-electron chi connectivity index (χ4n) is 2.55. The van der Waals surface area contributed by atoms with Gasteiger partial charge in [0.25, 0.3) is 0 Å². The monoisotopic (exact) mass is 410 g/mol. The number of anilines is 1. The Balaban J connectivity index is 1.70. The molecule has 0 saturated carbocycles. The zero-order valence-electron chi connectivity index (χ0n) is 15.5. The Labute approximate surface area is 171 Å². The quantitative estimate of drug-likeness (QED) is 0.517. The van der Waals surface area contributed by atoms with Crippen LogP contribution in [-0.4, -0.2) is 39.0 Å². The predicted molar refractivity (Wildman–Crippen MR) is 112 cm³/mol. The van der Waals surface area contributed by atoms with Gasteiger partial charge in [0, 0.05) is 12.1 Å². The van der Waals surface area contributed by atoms with Crippen LogP contribution >= 0.6 is 11.8 Å². The molecule has 2 amide bonds. The van der Waals surface area contributed by atoms with E-state index >= 15 is 0 Å². The summed E-state index contributed by atoms with van der Waals surface area (Å²) in [7, 11) is 0. The lowest BCUT2D eigenvalue weighted by Crippen LogP contribution is -2.41. The van der Waals surface area contributed by atoms with Gasteiger partial charge >= 0.3 is 5.97 Å². The molecule has 0 bridgehead atoms. The summed E-state index contributed by atoms with van der Waals surface area (Å²) in [6.07, 6.45) is -0.0183. The van der Waals surface area contributed by atoms with Crippen molar-refractivity contribution >= 4 is 46.1 Å². The van der Waals surface area contributed by atoms with E-state index in [1.54, 1.807) is 13.0 Å². The molecule has 1 atom stereocenters. The molecule has 0 aliphatic carbocycles. The third kappa shape index (κ3) is 5.52. The van der Waals surface area contributed by atoms with Gasteiger partial charge in [-0.1, -0.05) is 48.2 Å². The second-order valence-corrected chi connectivity index (χ2v) is 7.38. The zero-order chi connectivity index (χ0) is 20.8. The highest BCUT2D eigenvalue weighted by Gasteiger charge is 2.30. The average molecular weight is 410 g/mol. The summed E-state index contributed by atoms with van der Waals surface area (Å²) in [4.78, 5) is 35.6. The number of amidine groups is 1. The fourth-order valence-corrected chi connectivity index (χ4v) is 3.48. The van der Waals surface area contributed by atoms with Crippen molar-refractivity contribution in [2.24, 2.45) is 10.2 Å². The Morgan fingerprint density at radius 3 is 2.59 bits per heavy atom. The van der Waals surface area contributed by atoms with Gasteiger partial charge in [-0.25, -0.2) is 4.79 Å². The molecular weight excluding hydrogens is 392 g/mol. The number of carboxylic acids is 1. The number of hydrogen-bond donors (Lipinski definition) is 3. The standard InChI is InChI=1S/C20H18N4O4S/c1-12(13-6-3-2-4-7-13)23-24-20-22-17(25)11-16(29-20)18(26)21-15-9-5-8-14(10-15)19(27)28/h2-10,16H,11H2,1H3,(H,21,26)(H,27,28)(H,22,24,25)/b23-12+. The van der Waals surface area contributed by atoms with Gasteiger partial charge in [-0.2, -0.15) is 5.10 Å². The Morgan fingerprint density at radius 2 is 1.86 bits per heavy atom. The predicted octanol–water partition coefficient (Wildman–Crippen LogP) is 2.73. The number of carboxylic acid groups (broad SMARTS) is 1. The molecule has 148 valence electrons. The van der Waals surface area contributed by atoms with Crippen molar-refractivity contribution < 1.29 is 19.5 Å². The highest BCUT2D eigenvalue weighted by atomic mass is 32.2. The molecule has 3 N–H and O–H groups in total. The molecule has 0 radical (unpaired) electrons. The van der Waals surface area contributed by atoms with Crippen LogP contribution in [0, 0.1) is 0 Å². The topological polar surface area (TPSA) is 120 Å². The van der Waals surface area contributed by atoms with Crippen molar-refractivity contribution in [3.8, 4) is 0 Å². The van der Waals surface area contributed by atoms with Crippen molar-refractivity contribution in [2.45, 2.75) is 18.6 Å². The second-order valence-electron chi connectivity index (χ2n) is 6.19. The van der Waals surface area contributed by atoms with Gasteiger partial charge in [0.05, 0.1) is 11.3 Å². The number of amides is 2. The van der Waals surface area contributed by atoms with Crippen LogP contribution in [0.3, 0.4) is 0 Å². The summed E-state index contributed by atoms with van der Waals surface area (Å²) in [5.74, 6) is -1.84. The van der Waals surface area contributed by atoms with Gasteiger partial charge in [-0.15, -0.1) is 5.10 Å². The number of aromatic carboxylic acids is 1. The second kappa shape index (κ2) is 9.16. The van der Waals surface area contributed by atoms with E-state index in [0.717, 1.165) is 17.3 Å². The van der Waals surface area contributed by atoms with Crippen LogP contribution in [0.1, 0.15) is 29.3 Å². The van der Waals surface area contributed by atoms with E-state index in [9.17, 15) is 14.4 Å². The maximum Gasteiger partial charge on any atom is 0.335 e. The first-order valence-corrected chi connectivity index (χ1v) is 9.59. The molecule has 1 unspecified atom stereocenters. The number of carbonyl (C=O) groups is 3. The Bertz CT molecular complexity index is 1000. The van der Waals surface area contributed by atoms with Crippen LogP contribution in [0.2, 0.25) is 0 Å². The van der Waals surface area contributed by atoms with Crippen LogP contribution in [0.5, 0.6) is 0 Å². The normalized spacial score (nSPS) is 18.2. The van der Waals surface area contributed by atoms with E-state index in [0.29, 0.717) is 11.4 Å². The van der Waals surface area contributed by atoms with Gasteiger partial charge in [-0.05, 0) is 30.7 Å². The highest BCUT2D eigenvalue weighted by Crippen LogP contribution is 2.23. The lowest BCUT2D eigenvalue weighted by molar-refractivity contribution is -0.123. The molecule has 0 spiro atoms. The molecule has 2 aromatic carbocycles. The summed E-state index contributed by atoms with van der Waals surface area (Å²) in [6, 6.07) is 15.4. The molecule has 29 heavy (non-hydrogen) atoms. The maximum absolute atomic E-state index is 12.5. The van der Waals surface area contributed by atoms with Gasteiger partial charge < -0.3 is 15.7 Å². The van der Waals surface area contributed by atoms with E-state index in [4.69, 9.17) is 5.11 Å². The van der Waals surface area contributed by atoms with E-state index in [-0.39, 0.29) is 23.1 Å². The molecule has 1 aliphatic rings. The summed E-state index contributed by atoms with van der Waals surface area (Å²) in [5.41, 5.74) is 1.98. The number of nitrogens with one attached hydrogen (secondary N) is 2. The van der Waals surface area contributed by atoms with Gasteiger partial charge in [-0.3, -0.25) is 9.59 Å². The lowest BCUT2D eigenvalue weighted by atomic mass is 10.1. The zero-order valence-corrected chi connectivity index (χ0v) is 16.3. The average Bonchev–Trinajstić information content (AvgIpc) is 2.72. The molecule has 1 saturated heterocycles. The van der Waals surface area contributed by atoms with Crippen molar-refractivity contribution in [1.82, 2.24) is 5.32 Å². The first kappa shape index (κ1) is 20.3. The largest absolute Gasteiger partial charge is 0.478 e. The molecule has 0 aromatic heterocycles. The highest BCUT2D eigenvalue weighted by molar-refractivity contribution is 8.15. The number of nitrogens with zero attached hydrogens (tertiary/aromatic N) is 2. The number of hydrogen-bond acceptors (Lipinski definition) is 6. The Morgan fingerprint density at radius 1 is 1.14 bits per heavy atom. The van der Waals surface area contributed by atoms with E-state index in [1.165, 1.54) is 18.2 Å². The van der Waals surface area contributed by atoms with Crippen LogP contribution in [0.25, 0.3) is 0 Å². The summed E-state index contributed by atoms with van der Waals surface area (Å²) < 4.78 is 0. The minimum absolute atomic E-state index is 0.0183.